The Morgan fingerprint density at radius 3 is 2.58 bits per heavy atom. The van der Waals surface area contributed by atoms with Crippen molar-refractivity contribution in [3.8, 4) is 0 Å². The molecule has 3 aliphatic rings. The topological polar surface area (TPSA) is 64.4 Å². The van der Waals surface area contributed by atoms with E-state index in [4.69, 9.17) is 10.5 Å². The molecule has 3 rings (SSSR count). The van der Waals surface area contributed by atoms with Crippen LogP contribution in [0.25, 0.3) is 0 Å². The summed E-state index contributed by atoms with van der Waals surface area (Å²) in [5.41, 5.74) is 6.20. The summed E-state index contributed by atoms with van der Waals surface area (Å²) in [5, 5.41) is 3.13. The molecule has 2 saturated carbocycles. The molecule has 4 heteroatoms. The Bertz CT molecular complexity index is 326. The molecule has 19 heavy (non-hydrogen) atoms. The Balaban J connectivity index is 1.41. The van der Waals surface area contributed by atoms with E-state index in [1.54, 1.807) is 0 Å². The summed E-state index contributed by atoms with van der Waals surface area (Å²) in [7, 11) is 0. The fraction of sp³-hybridized carbons (Fsp3) is 0.933. The molecule has 0 aromatic heterocycles. The van der Waals surface area contributed by atoms with Crippen molar-refractivity contribution in [3.63, 3.8) is 0 Å². The second kappa shape index (κ2) is 5.80. The first-order valence-corrected chi connectivity index (χ1v) is 7.86. The average molecular weight is 266 g/mol. The van der Waals surface area contributed by atoms with Crippen molar-refractivity contribution in [2.75, 3.05) is 19.8 Å². The van der Waals surface area contributed by atoms with Gasteiger partial charge in [-0.1, -0.05) is 0 Å². The number of hydrogen-bond acceptors (Lipinski definition) is 3. The molecule has 1 amide bonds. The fourth-order valence-electron chi connectivity index (χ4n) is 4.28. The van der Waals surface area contributed by atoms with Gasteiger partial charge < -0.3 is 15.8 Å². The minimum Gasteiger partial charge on any atom is -0.381 e. The Morgan fingerprint density at radius 1 is 1.16 bits per heavy atom. The Kier molecular flexibility index (Phi) is 4.08. The first-order chi connectivity index (χ1) is 9.25. The van der Waals surface area contributed by atoms with Crippen LogP contribution in [0.2, 0.25) is 0 Å². The van der Waals surface area contributed by atoms with Crippen LogP contribution >= 0.6 is 0 Å². The van der Waals surface area contributed by atoms with E-state index in [1.165, 1.54) is 19.3 Å². The van der Waals surface area contributed by atoms with Crippen LogP contribution in [-0.2, 0) is 9.53 Å². The minimum atomic E-state index is 0.0911. The van der Waals surface area contributed by atoms with Crippen molar-refractivity contribution in [1.82, 2.24) is 5.32 Å². The number of nitrogens with one attached hydrogen (secondary N) is 1. The lowest BCUT2D eigenvalue weighted by molar-refractivity contribution is -0.127. The van der Waals surface area contributed by atoms with Crippen molar-refractivity contribution in [3.05, 3.63) is 0 Å². The number of ether oxygens (including phenoxy) is 1. The van der Waals surface area contributed by atoms with Crippen molar-refractivity contribution in [2.24, 2.45) is 29.4 Å². The quantitative estimate of drug-likeness (QED) is 0.806. The van der Waals surface area contributed by atoms with E-state index >= 15 is 0 Å². The summed E-state index contributed by atoms with van der Waals surface area (Å²) >= 11 is 0. The normalized spacial score (nSPS) is 38.6. The summed E-state index contributed by atoms with van der Waals surface area (Å²) in [4.78, 5) is 12.3. The molecular weight excluding hydrogens is 240 g/mol. The van der Waals surface area contributed by atoms with E-state index in [-0.39, 0.29) is 17.9 Å². The van der Waals surface area contributed by atoms with E-state index in [0.29, 0.717) is 11.8 Å². The minimum absolute atomic E-state index is 0.0911. The van der Waals surface area contributed by atoms with Gasteiger partial charge in [0, 0.05) is 25.8 Å². The summed E-state index contributed by atoms with van der Waals surface area (Å²) < 4.78 is 5.35. The molecule has 108 valence electrons. The zero-order valence-electron chi connectivity index (χ0n) is 11.6. The lowest BCUT2D eigenvalue weighted by atomic mass is 9.84. The molecule has 4 atom stereocenters. The van der Waals surface area contributed by atoms with Gasteiger partial charge in [0.05, 0.1) is 5.92 Å². The van der Waals surface area contributed by atoms with Crippen LogP contribution in [-0.4, -0.2) is 31.7 Å². The molecule has 4 unspecified atom stereocenters. The molecule has 3 N–H and O–H groups in total. The molecule has 2 aliphatic carbocycles. The van der Waals surface area contributed by atoms with Crippen molar-refractivity contribution in [2.45, 2.75) is 44.6 Å². The van der Waals surface area contributed by atoms with Gasteiger partial charge in [0.1, 0.15) is 0 Å². The van der Waals surface area contributed by atoms with Gasteiger partial charge >= 0.3 is 0 Å². The first-order valence-electron chi connectivity index (χ1n) is 7.86. The van der Waals surface area contributed by atoms with Crippen LogP contribution < -0.4 is 11.1 Å². The highest BCUT2D eigenvalue weighted by Gasteiger charge is 2.48. The lowest BCUT2D eigenvalue weighted by Crippen LogP contribution is -2.45. The number of amides is 1. The highest BCUT2D eigenvalue weighted by molar-refractivity contribution is 5.80. The molecular formula is C15H26N2O2. The SMILES string of the molecule is NC1C2CCC(C2)C1C(=O)NCCC1CCOCC1. The maximum absolute atomic E-state index is 12.3. The van der Waals surface area contributed by atoms with Crippen LogP contribution in [0.5, 0.6) is 0 Å². The summed E-state index contributed by atoms with van der Waals surface area (Å²) in [6, 6.07) is 0.113. The van der Waals surface area contributed by atoms with Gasteiger partial charge in [-0.15, -0.1) is 0 Å². The highest BCUT2D eigenvalue weighted by atomic mass is 16.5. The van der Waals surface area contributed by atoms with Crippen LogP contribution in [0.15, 0.2) is 0 Å². The first kappa shape index (κ1) is 13.4. The standard InChI is InChI=1S/C15H26N2O2/c16-14-12-2-1-11(9-12)13(14)15(18)17-6-3-10-4-7-19-8-5-10/h10-14H,1-9,16H2,(H,17,18). The average Bonchev–Trinajstić information content (AvgIpc) is 3.00. The number of nitrogens with two attached hydrogens (primary N) is 1. The predicted molar refractivity (Wildman–Crippen MR) is 73.5 cm³/mol. The third kappa shape index (κ3) is 2.79. The second-order valence-electron chi connectivity index (χ2n) is 6.57. The molecule has 0 radical (unpaired) electrons. The number of carbonyl (C=O) groups is 1. The van der Waals surface area contributed by atoms with Gasteiger partial charge in [-0.3, -0.25) is 4.79 Å². The third-order valence-electron chi connectivity index (χ3n) is 5.48. The maximum atomic E-state index is 12.3. The zero-order chi connectivity index (χ0) is 13.2. The molecule has 3 fully saturated rings. The van der Waals surface area contributed by atoms with Gasteiger partial charge in [-0.05, 0) is 56.3 Å². The molecule has 4 nitrogen and oxygen atoms in total. The van der Waals surface area contributed by atoms with Gasteiger partial charge in [0.15, 0.2) is 0 Å². The van der Waals surface area contributed by atoms with Crippen LogP contribution in [0.3, 0.4) is 0 Å². The summed E-state index contributed by atoms with van der Waals surface area (Å²) in [6.07, 6.45) is 6.99. The third-order valence-corrected chi connectivity index (χ3v) is 5.48. The fourth-order valence-corrected chi connectivity index (χ4v) is 4.28. The van der Waals surface area contributed by atoms with Crippen molar-refractivity contribution in [1.29, 1.82) is 0 Å². The molecule has 0 spiro atoms. The second-order valence-corrected chi connectivity index (χ2v) is 6.57. The van der Waals surface area contributed by atoms with E-state index in [9.17, 15) is 4.79 Å². The van der Waals surface area contributed by atoms with Crippen LogP contribution in [0.4, 0.5) is 0 Å². The van der Waals surface area contributed by atoms with Crippen LogP contribution in [0.1, 0.15) is 38.5 Å². The predicted octanol–water partition coefficient (Wildman–Crippen LogP) is 1.29. The number of carbonyl (C=O) groups excluding carboxylic acids is 1. The largest absolute Gasteiger partial charge is 0.381 e. The van der Waals surface area contributed by atoms with E-state index in [0.717, 1.165) is 44.9 Å². The Labute approximate surface area is 115 Å². The summed E-state index contributed by atoms with van der Waals surface area (Å²) in [5.74, 6) is 2.20. The molecule has 0 aromatic rings. The monoisotopic (exact) mass is 266 g/mol. The highest BCUT2D eigenvalue weighted by Crippen LogP contribution is 2.47. The van der Waals surface area contributed by atoms with E-state index in [1.807, 2.05) is 0 Å². The summed E-state index contributed by atoms with van der Waals surface area (Å²) in [6.45, 7) is 2.58. The Morgan fingerprint density at radius 2 is 1.89 bits per heavy atom. The van der Waals surface area contributed by atoms with Crippen molar-refractivity contribution >= 4 is 5.91 Å². The van der Waals surface area contributed by atoms with Gasteiger partial charge in [0.25, 0.3) is 0 Å². The maximum Gasteiger partial charge on any atom is 0.224 e. The number of hydrogen-bond donors (Lipinski definition) is 2. The van der Waals surface area contributed by atoms with Crippen molar-refractivity contribution < 1.29 is 9.53 Å². The number of fused-ring (bicyclic) bond motifs is 2. The van der Waals surface area contributed by atoms with Gasteiger partial charge in [-0.25, -0.2) is 0 Å². The lowest BCUT2D eigenvalue weighted by Gasteiger charge is -2.27. The van der Waals surface area contributed by atoms with Gasteiger partial charge in [-0.2, -0.15) is 0 Å². The van der Waals surface area contributed by atoms with E-state index in [2.05, 4.69) is 5.32 Å². The van der Waals surface area contributed by atoms with Gasteiger partial charge in [0.2, 0.25) is 5.91 Å². The Hall–Kier alpha value is -0.610. The molecule has 1 heterocycles. The van der Waals surface area contributed by atoms with Crippen LogP contribution in [0, 0.1) is 23.7 Å². The molecule has 1 saturated heterocycles. The number of rotatable bonds is 4. The molecule has 0 aromatic carbocycles. The zero-order valence-corrected chi connectivity index (χ0v) is 11.6. The molecule has 2 bridgehead atoms. The smallest absolute Gasteiger partial charge is 0.224 e. The van der Waals surface area contributed by atoms with E-state index < -0.39 is 0 Å². The molecule has 1 aliphatic heterocycles.